The SMILES string of the molecule is COc1ccc(C=O)c(Br)c1OCC1CCN(C(=O)OC(C)(C)C)CC1. The molecule has 1 fully saturated rings. The Balaban J connectivity index is 1.91. The van der Waals surface area contributed by atoms with Crippen LogP contribution in [0.4, 0.5) is 4.79 Å². The Bertz CT molecular complexity index is 648. The smallest absolute Gasteiger partial charge is 0.410 e. The average Bonchev–Trinajstić information content (AvgIpc) is 2.59. The van der Waals surface area contributed by atoms with E-state index < -0.39 is 5.60 Å². The van der Waals surface area contributed by atoms with E-state index in [1.165, 1.54) is 0 Å². The number of methoxy groups -OCH3 is 1. The maximum absolute atomic E-state index is 12.1. The molecule has 6 nitrogen and oxygen atoms in total. The summed E-state index contributed by atoms with van der Waals surface area (Å²) in [6, 6.07) is 3.40. The predicted octanol–water partition coefficient (Wildman–Crippen LogP) is 4.30. The lowest BCUT2D eigenvalue weighted by atomic mass is 9.98. The van der Waals surface area contributed by atoms with Crippen LogP contribution in [0.25, 0.3) is 0 Å². The van der Waals surface area contributed by atoms with Gasteiger partial charge in [0.1, 0.15) is 5.60 Å². The number of aldehydes is 1. The van der Waals surface area contributed by atoms with Gasteiger partial charge in [0.05, 0.1) is 18.2 Å². The van der Waals surface area contributed by atoms with Crippen LogP contribution in [0.15, 0.2) is 16.6 Å². The van der Waals surface area contributed by atoms with Crippen molar-refractivity contribution in [3.8, 4) is 11.5 Å². The van der Waals surface area contributed by atoms with E-state index in [0.29, 0.717) is 47.1 Å². The van der Waals surface area contributed by atoms with E-state index >= 15 is 0 Å². The number of amides is 1. The molecule has 0 aliphatic carbocycles. The Labute approximate surface area is 162 Å². The van der Waals surface area contributed by atoms with Crippen LogP contribution in [0.5, 0.6) is 11.5 Å². The van der Waals surface area contributed by atoms with Crippen molar-refractivity contribution < 1.29 is 23.8 Å². The summed E-state index contributed by atoms with van der Waals surface area (Å²) in [5.41, 5.74) is 0.0317. The fourth-order valence-corrected chi connectivity index (χ4v) is 3.29. The van der Waals surface area contributed by atoms with Gasteiger partial charge in [0.15, 0.2) is 17.8 Å². The number of nitrogens with zero attached hydrogens (tertiary/aromatic N) is 1. The molecule has 0 aromatic heterocycles. The lowest BCUT2D eigenvalue weighted by Gasteiger charge is -2.33. The van der Waals surface area contributed by atoms with E-state index in [4.69, 9.17) is 14.2 Å². The Morgan fingerprint density at radius 3 is 2.50 bits per heavy atom. The molecule has 0 radical (unpaired) electrons. The molecular formula is C19H26BrNO5. The summed E-state index contributed by atoms with van der Waals surface area (Å²) < 4.78 is 17.3. The van der Waals surface area contributed by atoms with Gasteiger partial charge < -0.3 is 19.1 Å². The minimum absolute atomic E-state index is 0.264. The van der Waals surface area contributed by atoms with E-state index in [9.17, 15) is 9.59 Å². The van der Waals surface area contributed by atoms with Crippen LogP contribution in [-0.2, 0) is 4.74 Å². The molecule has 1 aromatic rings. The Morgan fingerprint density at radius 1 is 1.31 bits per heavy atom. The average molecular weight is 428 g/mol. The van der Waals surface area contributed by atoms with Crippen LogP contribution in [0.1, 0.15) is 44.0 Å². The summed E-state index contributed by atoms with van der Waals surface area (Å²) in [4.78, 5) is 25.0. The van der Waals surface area contributed by atoms with Gasteiger partial charge in [-0.25, -0.2) is 4.79 Å². The van der Waals surface area contributed by atoms with Gasteiger partial charge in [0.25, 0.3) is 0 Å². The van der Waals surface area contributed by atoms with Crippen molar-refractivity contribution in [2.24, 2.45) is 5.92 Å². The number of ether oxygens (including phenoxy) is 3. The quantitative estimate of drug-likeness (QED) is 0.655. The summed E-state index contributed by atoms with van der Waals surface area (Å²) in [6.07, 6.45) is 2.19. The number of halogens is 1. The maximum atomic E-state index is 12.1. The highest BCUT2D eigenvalue weighted by molar-refractivity contribution is 9.10. The van der Waals surface area contributed by atoms with Gasteiger partial charge in [-0.15, -0.1) is 0 Å². The van der Waals surface area contributed by atoms with Crippen LogP contribution in [0.2, 0.25) is 0 Å². The number of rotatable bonds is 5. The number of hydrogen-bond acceptors (Lipinski definition) is 5. The predicted molar refractivity (Wildman–Crippen MR) is 102 cm³/mol. The largest absolute Gasteiger partial charge is 0.493 e. The van der Waals surface area contributed by atoms with Gasteiger partial charge in [-0.1, -0.05) is 0 Å². The van der Waals surface area contributed by atoms with Gasteiger partial charge in [0, 0.05) is 18.7 Å². The van der Waals surface area contributed by atoms with E-state index in [1.54, 1.807) is 24.1 Å². The number of piperidine rings is 1. The Hall–Kier alpha value is -1.76. The normalized spacial score (nSPS) is 15.5. The second-order valence-electron chi connectivity index (χ2n) is 7.34. The van der Waals surface area contributed by atoms with Crippen LogP contribution >= 0.6 is 15.9 Å². The first-order valence-electron chi connectivity index (χ1n) is 8.67. The number of hydrogen-bond donors (Lipinski definition) is 0. The monoisotopic (exact) mass is 427 g/mol. The van der Waals surface area contributed by atoms with Crippen molar-refractivity contribution in [1.82, 2.24) is 4.90 Å². The molecule has 144 valence electrons. The highest BCUT2D eigenvalue weighted by Crippen LogP contribution is 2.38. The molecule has 1 aliphatic heterocycles. The van der Waals surface area contributed by atoms with Crippen molar-refractivity contribution in [3.63, 3.8) is 0 Å². The molecule has 1 aliphatic rings. The number of carbonyl (C=O) groups excluding carboxylic acids is 2. The zero-order chi connectivity index (χ0) is 19.3. The van der Waals surface area contributed by atoms with Gasteiger partial charge in [-0.3, -0.25) is 4.79 Å². The molecular weight excluding hydrogens is 402 g/mol. The van der Waals surface area contributed by atoms with E-state index in [-0.39, 0.29) is 6.09 Å². The minimum Gasteiger partial charge on any atom is -0.493 e. The summed E-state index contributed by atoms with van der Waals surface area (Å²) in [5.74, 6) is 1.44. The number of carbonyl (C=O) groups is 2. The molecule has 1 saturated heterocycles. The van der Waals surface area contributed by atoms with E-state index in [0.717, 1.165) is 19.1 Å². The molecule has 0 bridgehead atoms. The van der Waals surface area contributed by atoms with Crippen molar-refractivity contribution in [2.45, 2.75) is 39.2 Å². The molecule has 1 amide bonds. The van der Waals surface area contributed by atoms with Gasteiger partial charge in [-0.2, -0.15) is 0 Å². The zero-order valence-corrected chi connectivity index (χ0v) is 17.3. The van der Waals surface area contributed by atoms with Gasteiger partial charge in [-0.05, 0) is 67.6 Å². The van der Waals surface area contributed by atoms with E-state index in [2.05, 4.69) is 15.9 Å². The van der Waals surface area contributed by atoms with Crippen molar-refractivity contribution in [3.05, 3.63) is 22.2 Å². The molecule has 26 heavy (non-hydrogen) atoms. The van der Waals surface area contributed by atoms with E-state index in [1.807, 2.05) is 20.8 Å². The molecule has 0 saturated carbocycles. The van der Waals surface area contributed by atoms with Crippen LogP contribution in [-0.4, -0.2) is 49.7 Å². The lowest BCUT2D eigenvalue weighted by molar-refractivity contribution is 0.0164. The minimum atomic E-state index is -0.483. The molecule has 7 heteroatoms. The summed E-state index contributed by atoms with van der Waals surface area (Å²) >= 11 is 3.41. The van der Waals surface area contributed by atoms with Gasteiger partial charge >= 0.3 is 6.09 Å². The first-order valence-corrected chi connectivity index (χ1v) is 9.47. The molecule has 0 unspecified atom stereocenters. The molecule has 1 heterocycles. The second kappa shape index (κ2) is 8.75. The molecule has 0 spiro atoms. The summed E-state index contributed by atoms with van der Waals surface area (Å²) in [7, 11) is 1.56. The summed E-state index contributed by atoms with van der Waals surface area (Å²) in [6.45, 7) is 7.39. The van der Waals surface area contributed by atoms with Crippen molar-refractivity contribution in [1.29, 1.82) is 0 Å². The van der Waals surface area contributed by atoms with Crippen LogP contribution in [0, 0.1) is 5.92 Å². The summed E-state index contributed by atoms with van der Waals surface area (Å²) in [5, 5.41) is 0. The highest BCUT2D eigenvalue weighted by atomic mass is 79.9. The fourth-order valence-electron chi connectivity index (χ4n) is 2.75. The third kappa shape index (κ3) is 5.37. The first-order chi connectivity index (χ1) is 12.2. The standard InChI is InChI=1S/C19H26BrNO5/c1-19(2,3)26-18(23)21-9-7-13(8-10-21)12-25-17-15(24-4)6-5-14(11-22)16(17)20/h5-6,11,13H,7-10,12H2,1-4H3. The van der Waals surface area contributed by atoms with Crippen LogP contribution < -0.4 is 9.47 Å². The Morgan fingerprint density at radius 2 is 1.96 bits per heavy atom. The topological polar surface area (TPSA) is 65.1 Å². The molecule has 0 N–H and O–H groups in total. The first kappa shape index (κ1) is 20.6. The lowest BCUT2D eigenvalue weighted by Crippen LogP contribution is -2.42. The number of likely N-dealkylation sites (tertiary alicyclic amines) is 1. The van der Waals surface area contributed by atoms with Crippen molar-refractivity contribution >= 4 is 28.3 Å². The van der Waals surface area contributed by atoms with Crippen molar-refractivity contribution in [2.75, 3.05) is 26.8 Å². The maximum Gasteiger partial charge on any atom is 0.410 e. The molecule has 0 atom stereocenters. The third-order valence-corrected chi connectivity index (χ3v) is 4.99. The highest BCUT2D eigenvalue weighted by Gasteiger charge is 2.27. The van der Waals surface area contributed by atoms with Gasteiger partial charge in [0.2, 0.25) is 0 Å². The third-order valence-electron chi connectivity index (χ3n) is 4.17. The zero-order valence-electron chi connectivity index (χ0n) is 15.7. The van der Waals surface area contributed by atoms with Crippen LogP contribution in [0.3, 0.4) is 0 Å². The molecule has 2 rings (SSSR count). The fraction of sp³-hybridized carbons (Fsp3) is 0.579. The number of benzene rings is 1. The molecule has 1 aromatic carbocycles. The second-order valence-corrected chi connectivity index (χ2v) is 8.13. The Kier molecular flexibility index (Phi) is 6.92.